The SMILES string of the molecule is CN1CC2(C(=O)c3n[nH]c4ccc(NC(=O)NC5CCCC5)cc34)CCC1CN2. The number of H-pyrrole nitrogens is 1. The molecule has 6 rings (SSSR count). The molecule has 2 aromatic rings. The molecule has 1 aromatic heterocycles. The Hall–Kier alpha value is -2.45. The first-order valence-corrected chi connectivity index (χ1v) is 10.6. The number of urea groups is 1. The van der Waals surface area contributed by atoms with Crippen molar-refractivity contribution in [1.29, 1.82) is 0 Å². The Bertz CT molecular complexity index is 940. The van der Waals surface area contributed by atoms with Gasteiger partial charge in [0.2, 0.25) is 5.78 Å². The highest BCUT2D eigenvalue weighted by Gasteiger charge is 2.49. The third kappa shape index (κ3) is 3.30. The number of anilines is 1. The molecule has 8 nitrogen and oxygen atoms in total. The van der Waals surface area contributed by atoms with E-state index in [9.17, 15) is 9.59 Å². The first kappa shape index (κ1) is 18.6. The summed E-state index contributed by atoms with van der Waals surface area (Å²) in [4.78, 5) is 28.1. The Balaban J connectivity index is 1.38. The van der Waals surface area contributed by atoms with Crippen LogP contribution in [0.4, 0.5) is 10.5 Å². The van der Waals surface area contributed by atoms with Crippen LogP contribution in [0.25, 0.3) is 10.9 Å². The van der Waals surface area contributed by atoms with E-state index < -0.39 is 5.54 Å². The van der Waals surface area contributed by atoms with E-state index in [-0.39, 0.29) is 17.9 Å². The number of rotatable bonds is 4. The maximum Gasteiger partial charge on any atom is 0.319 e. The molecule has 4 N–H and O–H groups in total. The van der Waals surface area contributed by atoms with Gasteiger partial charge in [-0.2, -0.15) is 5.10 Å². The van der Waals surface area contributed by atoms with Crippen molar-refractivity contribution < 1.29 is 9.59 Å². The van der Waals surface area contributed by atoms with Gasteiger partial charge in [-0.25, -0.2) is 4.79 Å². The van der Waals surface area contributed by atoms with Crippen LogP contribution in [-0.4, -0.2) is 64.7 Å². The molecule has 2 atom stereocenters. The largest absolute Gasteiger partial charge is 0.335 e. The molecule has 2 amide bonds. The summed E-state index contributed by atoms with van der Waals surface area (Å²) in [6.07, 6.45) is 6.27. The topological polar surface area (TPSA) is 102 Å². The molecular weight excluding hydrogens is 368 g/mol. The number of aromatic nitrogens is 2. The Morgan fingerprint density at radius 2 is 2.07 bits per heavy atom. The van der Waals surface area contributed by atoms with Crippen LogP contribution in [0.1, 0.15) is 49.0 Å². The molecular formula is C21H28N6O2. The molecule has 4 heterocycles. The molecule has 4 aliphatic rings. The fourth-order valence-corrected chi connectivity index (χ4v) is 5.16. The second kappa shape index (κ2) is 7.11. The molecule has 3 aliphatic heterocycles. The predicted molar refractivity (Wildman–Crippen MR) is 111 cm³/mol. The van der Waals surface area contributed by atoms with Crippen molar-refractivity contribution in [3.8, 4) is 0 Å². The number of carbonyl (C=O) groups is 2. The highest BCUT2D eigenvalue weighted by Crippen LogP contribution is 2.34. The first-order valence-electron chi connectivity index (χ1n) is 10.6. The van der Waals surface area contributed by atoms with E-state index in [1.807, 2.05) is 18.2 Å². The number of amides is 2. The van der Waals surface area contributed by atoms with Crippen molar-refractivity contribution in [2.45, 2.75) is 56.1 Å². The Morgan fingerprint density at radius 3 is 2.79 bits per heavy atom. The third-order valence-electron chi connectivity index (χ3n) is 6.88. The molecule has 4 fully saturated rings. The summed E-state index contributed by atoms with van der Waals surface area (Å²) in [6, 6.07) is 6.11. The van der Waals surface area contributed by atoms with Crippen molar-refractivity contribution in [3.63, 3.8) is 0 Å². The van der Waals surface area contributed by atoms with Crippen LogP contribution >= 0.6 is 0 Å². The summed E-state index contributed by atoms with van der Waals surface area (Å²) >= 11 is 0. The van der Waals surface area contributed by atoms with E-state index in [4.69, 9.17) is 0 Å². The van der Waals surface area contributed by atoms with Crippen LogP contribution in [-0.2, 0) is 0 Å². The molecule has 1 aliphatic carbocycles. The van der Waals surface area contributed by atoms with Gasteiger partial charge < -0.3 is 16.0 Å². The van der Waals surface area contributed by atoms with Crippen LogP contribution < -0.4 is 16.0 Å². The van der Waals surface area contributed by atoms with Gasteiger partial charge in [0.15, 0.2) is 0 Å². The molecule has 29 heavy (non-hydrogen) atoms. The van der Waals surface area contributed by atoms with Crippen LogP contribution in [0.2, 0.25) is 0 Å². The highest BCUT2D eigenvalue weighted by molar-refractivity contribution is 6.11. The number of hydrogen-bond acceptors (Lipinski definition) is 5. The molecule has 154 valence electrons. The lowest BCUT2D eigenvalue weighted by Crippen LogP contribution is -2.71. The zero-order valence-electron chi connectivity index (χ0n) is 16.8. The van der Waals surface area contributed by atoms with Gasteiger partial charge in [-0.05, 0) is 50.9 Å². The smallest absolute Gasteiger partial charge is 0.319 e. The normalized spacial score (nSPS) is 27.4. The number of nitrogens with one attached hydrogen (secondary N) is 4. The van der Waals surface area contributed by atoms with Crippen molar-refractivity contribution in [2.24, 2.45) is 0 Å². The van der Waals surface area contributed by atoms with E-state index in [0.29, 0.717) is 24.0 Å². The molecule has 2 unspecified atom stereocenters. The van der Waals surface area contributed by atoms with E-state index in [1.165, 1.54) is 12.8 Å². The molecule has 0 radical (unpaired) electrons. The Morgan fingerprint density at radius 1 is 1.24 bits per heavy atom. The number of piperidine rings is 2. The van der Waals surface area contributed by atoms with Gasteiger partial charge >= 0.3 is 6.03 Å². The van der Waals surface area contributed by atoms with Gasteiger partial charge in [0.25, 0.3) is 0 Å². The number of aromatic amines is 1. The minimum absolute atomic E-state index is 0.0290. The van der Waals surface area contributed by atoms with E-state index in [2.05, 4.69) is 38.1 Å². The van der Waals surface area contributed by atoms with Gasteiger partial charge in [0, 0.05) is 36.2 Å². The summed E-state index contributed by atoms with van der Waals surface area (Å²) in [7, 11) is 2.08. The van der Waals surface area contributed by atoms with E-state index >= 15 is 0 Å². The van der Waals surface area contributed by atoms with Gasteiger partial charge in [-0.3, -0.25) is 14.8 Å². The van der Waals surface area contributed by atoms with Crippen molar-refractivity contribution in [2.75, 3.05) is 25.5 Å². The summed E-state index contributed by atoms with van der Waals surface area (Å²) in [5.41, 5.74) is 1.33. The predicted octanol–water partition coefficient (Wildman–Crippen LogP) is 2.25. The average Bonchev–Trinajstić information content (AvgIpc) is 3.37. The molecule has 3 saturated heterocycles. The maximum absolute atomic E-state index is 13.5. The van der Waals surface area contributed by atoms with Crippen LogP contribution in [0.3, 0.4) is 0 Å². The molecule has 1 aromatic carbocycles. The summed E-state index contributed by atoms with van der Waals surface area (Å²) in [5, 5.41) is 17.5. The number of piperazine rings is 1. The summed E-state index contributed by atoms with van der Waals surface area (Å²) in [5.74, 6) is 0.0290. The number of hydrogen-bond donors (Lipinski definition) is 4. The third-order valence-corrected chi connectivity index (χ3v) is 6.88. The lowest BCUT2D eigenvalue weighted by molar-refractivity contribution is 0.0322. The zero-order valence-corrected chi connectivity index (χ0v) is 16.8. The van der Waals surface area contributed by atoms with Gasteiger partial charge in [-0.1, -0.05) is 12.8 Å². The maximum atomic E-state index is 13.5. The number of ketones is 1. The minimum atomic E-state index is -0.574. The number of Topliss-reactive ketones (excluding diaryl/α,β-unsaturated/α-hetero) is 1. The number of carbonyl (C=O) groups excluding carboxylic acids is 2. The second-order valence-corrected chi connectivity index (χ2v) is 8.81. The van der Waals surface area contributed by atoms with Crippen LogP contribution in [0, 0.1) is 0 Å². The lowest BCUT2D eigenvalue weighted by atomic mass is 9.77. The lowest BCUT2D eigenvalue weighted by Gasteiger charge is -2.51. The monoisotopic (exact) mass is 396 g/mol. The first-order chi connectivity index (χ1) is 14.0. The van der Waals surface area contributed by atoms with E-state index in [1.54, 1.807) is 0 Å². The number of benzene rings is 1. The molecule has 0 spiro atoms. The molecule has 8 heteroatoms. The van der Waals surface area contributed by atoms with Gasteiger partial charge in [-0.15, -0.1) is 0 Å². The summed E-state index contributed by atoms with van der Waals surface area (Å²) in [6.45, 7) is 1.53. The van der Waals surface area contributed by atoms with E-state index in [0.717, 1.165) is 43.1 Å². The average molecular weight is 396 g/mol. The fourth-order valence-electron chi connectivity index (χ4n) is 5.16. The number of likely N-dealkylation sites (N-methyl/N-ethyl adjacent to an activating group) is 1. The quantitative estimate of drug-likeness (QED) is 0.594. The Kier molecular flexibility index (Phi) is 4.55. The highest BCUT2D eigenvalue weighted by atomic mass is 16.2. The minimum Gasteiger partial charge on any atom is -0.335 e. The van der Waals surface area contributed by atoms with Crippen LogP contribution in [0.5, 0.6) is 0 Å². The van der Waals surface area contributed by atoms with Crippen molar-refractivity contribution in [1.82, 2.24) is 25.7 Å². The van der Waals surface area contributed by atoms with Crippen LogP contribution in [0.15, 0.2) is 18.2 Å². The molecule has 2 bridgehead atoms. The van der Waals surface area contributed by atoms with Gasteiger partial charge in [0.1, 0.15) is 5.69 Å². The zero-order chi connectivity index (χ0) is 20.0. The standard InChI is InChI=1S/C21H28N6O2/c1-27-12-21(9-8-15(27)11-22-21)19(28)18-16-10-14(6-7-17(16)25-26-18)24-20(29)23-13-4-2-3-5-13/h6-7,10,13,15,22H,2-5,8-9,11-12H2,1H3,(H,25,26)(H2,23,24,29). The van der Waals surface area contributed by atoms with Crippen molar-refractivity contribution in [3.05, 3.63) is 23.9 Å². The van der Waals surface area contributed by atoms with Gasteiger partial charge in [0.05, 0.1) is 11.1 Å². The number of nitrogens with zero attached hydrogens (tertiary/aromatic N) is 2. The Labute approximate surface area is 169 Å². The number of fused-ring (bicyclic) bond motifs is 4. The molecule has 1 saturated carbocycles. The summed E-state index contributed by atoms with van der Waals surface area (Å²) < 4.78 is 0. The fraction of sp³-hybridized carbons (Fsp3) is 0.571. The van der Waals surface area contributed by atoms with Crippen molar-refractivity contribution >= 4 is 28.4 Å². The second-order valence-electron chi connectivity index (χ2n) is 8.81.